The first kappa shape index (κ1) is 13.2. The van der Waals surface area contributed by atoms with Gasteiger partial charge < -0.3 is 10.0 Å². The molecule has 0 aromatic heterocycles. The van der Waals surface area contributed by atoms with Gasteiger partial charge in [-0.05, 0) is 31.4 Å². The van der Waals surface area contributed by atoms with Crippen LogP contribution in [-0.4, -0.2) is 28.1 Å². The number of carboxylic acid groups (broad SMARTS) is 1. The molecular formula is C13H13ClN2O4. The highest BCUT2D eigenvalue weighted by Crippen LogP contribution is 2.48. The summed E-state index contributed by atoms with van der Waals surface area (Å²) in [7, 11) is 0. The van der Waals surface area contributed by atoms with Crippen LogP contribution in [0.4, 0.5) is 11.4 Å². The first-order valence-electron chi connectivity index (χ1n) is 6.44. The van der Waals surface area contributed by atoms with E-state index in [1.54, 1.807) is 12.1 Å². The first-order valence-corrected chi connectivity index (χ1v) is 6.82. The molecule has 2 saturated heterocycles. The van der Waals surface area contributed by atoms with Crippen LogP contribution in [0.3, 0.4) is 0 Å². The summed E-state index contributed by atoms with van der Waals surface area (Å²) in [5, 5.41) is 20.6. The molecule has 7 heteroatoms. The Morgan fingerprint density at radius 3 is 2.80 bits per heavy atom. The summed E-state index contributed by atoms with van der Waals surface area (Å²) in [4.78, 5) is 23.9. The Labute approximate surface area is 120 Å². The molecule has 0 radical (unpaired) electrons. The maximum Gasteiger partial charge on any atom is 0.310 e. The average molecular weight is 297 g/mol. The van der Waals surface area contributed by atoms with Gasteiger partial charge in [-0.15, -0.1) is 0 Å². The van der Waals surface area contributed by atoms with Gasteiger partial charge in [-0.3, -0.25) is 14.9 Å². The Morgan fingerprint density at radius 1 is 1.45 bits per heavy atom. The van der Waals surface area contributed by atoms with Gasteiger partial charge in [-0.1, -0.05) is 17.7 Å². The van der Waals surface area contributed by atoms with Crippen molar-refractivity contribution < 1.29 is 14.8 Å². The lowest BCUT2D eigenvalue weighted by atomic mass is 9.89. The smallest absolute Gasteiger partial charge is 0.310 e. The lowest BCUT2D eigenvalue weighted by Crippen LogP contribution is -2.33. The minimum Gasteiger partial charge on any atom is -0.481 e. The predicted octanol–water partition coefficient (Wildman–Crippen LogP) is 2.69. The van der Waals surface area contributed by atoms with Crippen molar-refractivity contribution in [1.82, 2.24) is 0 Å². The highest BCUT2D eigenvalue weighted by Gasteiger charge is 2.50. The molecule has 2 heterocycles. The Hall–Kier alpha value is -1.82. The fourth-order valence-corrected chi connectivity index (χ4v) is 3.76. The Kier molecular flexibility index (Phi) is 3.05. The minimum absolute atomic E-state index is 0.0540. The number of nitro benzene ring substituents is 1. The number of benzene rings is 1. The SMILES string of the molecule is O=C(O)C1CC2CCC1N2c1cccc(Cl)c1[N+](=O)[O-]. The second-order valence-electron chi connectivity index (χ2n) is 5.25. The Balaban J connectivity index is 2.05. The molecule has 1 N–H and O–H groups in total. The summed E-state index contributed by atoms with van der Waals surface area (Å²) in [6, 6.07) is 4.68. The maximum absolute atomic E-state index is 11.3. The number of nitro groups is 1. The van der Waals surface area contributed by atoms with E-state index in [0.29, 0.717) is 12.1 Å². The quantitative estimate of drug-likeness (QED) is 0.685. The van der Waals surface area contributed by atoms with Crippen LogP contribution in [0.15, 0.2) is 18.2 Å². The van der Waals surface area contributed by atoms with E-state index in [-0.39, 0.29) is 22.8 Å². The van der Waals surface area contributed by atoms with Gasteiger partial charge in [-0.25, -0.2) is 0 Å². The third-order valence-corrected chi connectivity index (χ3v) is 4.59. The number of fused-ring (bicyclic) bond motifs is 2. The predicted molar refractivity (Wildman–Crippen MR) is 73.1 cm³/mol. The number of carboxylic acids is 1. The zero-order chi connectivity index (χ0) is 14.4. The van der Waals surface area contributed by atoms with Crippen molar-refractivity contribution in [2.24, 2.45) is 5.92 Å². The van der Waals surface area contributed by atoms with Gasteiger partial charge in [0.15, 0.2) is 0 Å². The third kappa shape index (κ3) is 1.83. The highest BCUT2D eigenvalue weighted by molar-refractivity contribution is 6.33. The van der Waals surface area contributed by atoms with E-state index in [4.69, 9.17) is 11.6 Å². The van der Waals surface area contributed by atoms with Gasteiger partial charge in [0.1, 0.15) is 10.7 Å². The molecule has 0 aliphatic carbocycles. The number of hydrogen-bond donors (Lipinski definition) is 1. The summed E-state index contributed by atoms with van der Waals surface area (Å²) in [6.07, 6.45) is 2.17. The molecular weight excluding hydrogens is 284 g/mol. The number of carbonyl (C=O) groups is 1. The minimum atomic E-state index is -0.827. The monoisotopic (exact) mass is 296 g/mol. The molecule has 6 nitrogen and oxygen atoms in total. The molecule has 2 bridgehead atoms. The average Bonchev–Trinajstić information content (AvgIpc) is 2.95. The molecule has 3 unspecified atom stereocenters. The van der Waals surface area contributed by atoms with Crippen LogP contribution in [0.2, 0.25) is 5.02 Å². The van der Waals surface area contributed by atoms with Crippen LogP contribution < -0.4 is 4.90 Å². The van der Waals surface area contributed by atoms with Crippen LogP contribution in [0.25, 0.3) is 0 Å². The van der Waals surface area contributed by atoms with E-state index >= 15 is 0 Å². The molecule has 1 aromatic rings. The number of anilines is 1. The van der Waals surface area contributed by atoms with Gasteiger partial charge in [0, 0.05) is 12.1 Å². The van der Waals surface area contributed by atoms with E-state index in [1.165, 1.54) is 6.07 Å². The summed E-state index contributed by atoms with van der Waals surface area (Å²) < 4.78 is 0. The van der Waals surface area contributed by atoms with Crippen LogP contribution in [-0.2, 0) is 4.79 Å². The molecule has 2 aliphatic heterocycles. The van der Waals surface area contributed by atoms with Crippen LogP contribution in [0, 0.1) is 16.0 Å². The topological polar surface area (TPSA) is 83.7 Å². The highest BCUT2D eigenvalue weighted by atomic mass is 35.5. The molecule has 2 aliphatic rings. The van der Waals surface area contributed by atoms with Gasteiger partial charge in [0.05, 0.1) is 10.8 Å². The van der Waals surface area contributed by atoms with Crippen molar-refractivity contribution in [3.8, 4) is 0 Å². The van der Waals surface area contributed by atoms with Crippen molar-refractivity contribution >= 4 is 28.9 Å². The van der Waals surface area contributed by atoms with Crippen molar-refractivity contribution in [3.05, 3.63) is 33.3 Å². The zero-order valence-corrected chi connectivity index (χ0v) is 11.3. The number of aliphatic carboxylic acids is 1. The van der Waals surface area contributed by atoms with Gasteiger partial charge >= 0.3 is 11.7 Å². The van der Waals surface area contributed by atoms with Gasteiger partial charge in [0.2, 0.25) is 0 Å². The molecule has 1 aromatic carbocycles. The number of hydrogen-bond acceptors (Lipinski definition) is 4. The van der Waals surface area contributed by atoms with Crippen LogP contribution in [0.5, 0.6) is 0 Å². The molecule has 3 rings (SSSR count). The summed E-state index contributed by atoms with van der Waals surface area (Å²) in [6.45, 7) is 0. The second kappa shape index (κ2) is 4.63. The van der Waals surface area contributed by atoms with E-state index in [1.807, 2.05) is 4.90 Å². The van der Waals surface area contributed by atoms with E-state index in [2.05, 4.69) is 0 Å². The molecule has 3 atom stereocenters. The van der Waals surface area contributed by atoms with Gasteiger partial charge in [-0.2, -0.15) is 0 Å². The van der Waals surface area contributed by atoms with E-state index < -0.39 is 16.8 Å². The lowest BCUT2D eigenvalue weighted by Gasteiger charge is -2.25. The Morgan fingerprint density at radius 2 is 2.20 bits per heavy atom. The van der Waals surface area contributed by atoms with E-state index in [0.717, 1.165) is 12.8 Å². The number of nitrogens with zero attached hydrogens (tertiary/aromatic N) is 2. The molecule has 0 amide bonds. The molecule has 2 fully saturated rings. The van der Waals surface area contributed by atoms with Crippen LogP contribution >= 0.6 is 11.6 Å². The van der Waals surface area contributed by atoms with Crippen molar-refractivity contribution in [2.75, 3.05) is 4.90 Å². The zero-order valence-electron chi connectivity index (χ0n) is 10.5. The van der Waals surface area contributed by atoms with Crippen molar-refractivity contribution in [3.63, 3.8) is 0 Å². The fraction of sp³-hybridized carbons (Fsp3) is 0.462. The number of para-hydroxylation sites is 1. The second-order valence-corrected chi connectivity index (χ2v) is 5.66. The van der Waals surface area contributed by atoms with Crippen molar-refractivity contribution in [1.29, 1.82) is 0 Å². The number of rotatable bonds is 3. The lowest BCUT2D eigenvalue weighted by molar-refractivity contribution is -0.384. The fourth-order valence-electron chi connectivity index (χ4n) is 3.52. The molecule has 106 valence electrons. The molecule has 0 spiro atoms. The summed E-state index contributed by atoms with van der Waals surface area (Å²) in [5.74, 6) is -1.28. The van der Waals surface area contributed by atoms with Gasteiger partial charge in [0.25, 0.3) is 0 Å². The first-order chi connectivity index (χ1) is 9.50. The maximum atomic E-state index is 11.3. The summed E-state index contributed by atoms with van der Waals surface area (Å²) >= 11 is 5.93. The van der Waals surface area contributed by atoms with Crippen LogP contribution in [0.1, 0.15) is 19.3 Å². The van der Waals surface area contributed by atoms with Crippen molar-refractivity contribution in [2.45, 2.75) is 31.3 Å². The molecule has 0 saturated carbocycles. The standard InChI is InChI=1S/C13H13ClN2O4/c14-9-2-1-3-11(12(9)16(19)20)15-7-4-5-10(15)8(6-7)13(17)18/h1-3,7-8,10H,4-6H2,(H,17,18). The number of halogens is 1. The van der Waals surface area contributed by atoms with E-state index in [9.17, 15) is 20.0 Å². The molecule has 20 heavy (non-hydrogen) atoms. The normalized spacial score (nSPS) is 27.9. The Bertz CT molecular complexity index is 592. The summed E-state index contributed by atoms with van der Waals surface area (Å²) in [5.41, 5.74) is 0.316. The largest absolute Gasteiger partial charge is 0.481 e. The third-order valence-electron chi connectivity index (χ3n) is 4.28.